The fourth-order valence-corrected chi connectivity index (χ4v) is 2.24. The molecule has 0 saturated carbocycles. The lowest BCUT2D eigenvalue weighted by Crippen LogP contribution is -2.29. The summed E-state index contributed by atoms with van der Waals surface area (Å²) >= 11 is 0. The Hall–Kier alpha value is -3.48. The van der Waals surface area contributed by atoms with Crippen LogP contribution in [0.3, 0.4) is 0 Å². The van der Waals surface area contributed by atoms with Crippen molar-refractivity contribution >= 4 is 29.4 Å². The van der Waals surface area contributed by atoms with Crippen molar-refractivity contribution in [3.05, 3.63) is 54.1 Å². The van der Waals surface area contributed by atoms with Crippen molar-refractivity contribution in [3.63, 3.8) is 0 Å². The Morgan fingerprint density at radius 3 is 2.56 bits per heavy atom. The van der Waals surface area contributed by atoms with Crippen LogP contribution >= 0.6 is 0 Å². The second-order valence-electron chi connectivity index (χ2n) is 5.72. The lowest BCUT2D eigenvalue weighted by molar-refractivity contribution is -0.111. The zero-order chi connectivity index (χ0) is 19.6. The average Bonchev–Trinajstić information content (AvgIpc) is 2.66. The maximum atomic E-state index is 12.1. The molecule has 2 rings (SSSR count). The number of methoxy groups -OCH3 is 1. The SMILES string of the molecule is CCCNC(=O)Nc1cccc(NC(=O)/C=C/c2ccc(O)c(OC)c2)c1. The van der Waals surface area contributed by atoms with Crippen molar-refractivity contribution in [1.82, 2.24) is 5.32 Å². The van der Waals surface area contributed by atoms with Crippen molar-refractivity contribution in [3.8, 4) is 11.5 Å². The van der Waals surface area contributed by atoms with Gasteiger partial charge in [0.1, 0.15) is 0 Å². The molecule has 0 unspecified atom stereocenters. The third-order valence-corrected chi connectivity index (χ3v) is 3.55. The summed E-state index contributed by atoms with van der Waals surface area (Å²) in [6, 6.07) is 11.4. The number of hydrogen-bond acceptors (Lipinski definition) is 4. The molecule has 4 N–H and O–H groups in total. The average molecular weight is 369 g/mol. The highest BCUT2D eigenvalue weighted by molar-refractivity contribution is 6.02. The molecule has 0 aliphatic heterocycles. The number of hydrogen-bond donors (Lipinski definition) is 4. The van der Waals surface area contributed by atoms with Crippen LogP contribution in [0.15, 0.2) is 48.5 Å². The minimum atomic E-state index is -0.324. The molecule has 7 nitrogen and oxygen atoms in total. The molecule has 2 aromatic carbocycles. The van der Waals surface area contributed by atoms with E-state index < -0.39 is 0 Å². The number of benzene rings is 2. The molecule has 0 fully saturated rings. The van der Waals surface area contributed by atoms with Crippen LogP contribution in [0.4, 0.5) is 16.2 Å². The Bertz CT molecular complexity index is 834. The second kappa shape index (κ2) is 9.86. The first kappa shape index (κ1) is 19.8. The molecule has 7 heteroatoms. The summed E-state index contributed by atoms with van der Waals surface area (Å²) in [5.41, 5.74) is 1.85. The fraction of sp³-hybridized carbons (Fsp3) is 0.200. The summed E-state index contributed by atoms with van der Waals surface area (Å²) < 4.78 is 5.03. The molecule has 0 bridgehead atoms. The van der Waals surface area contributed by atoms with Gasteiger partial charge in [-0.2, -0.15) is 0 Å². The molecule has 0 atom stereocenters. The topological polar surface area (TPSA) is 99.7 Å². The van der Waals surface area contributed by atoms with Gasteiger partial charge in [0.2, 0.25) is 5.91 Å². The zero-order valence-electron chi connectivity index (χ0n) is 15.3. The molecule has 27 heavy (non-hydrogen) atoms. The summed E-state index contributed by atoms with van der Waals surface area (Å²) in [4.78, 5) is 23.8. The van der Waals surface area contributed by atoms with Crippen LogP contribution in [-0.4, -0.2) is 30.7 Å². The first-order valence-corrected chi connectivity index (χ1v) is 8.52. The first-order valence-electron chi connectivity index (χ1n) is 8.52. The molecular weight excluding hydrogens is 346 g/mol. The van der Waals surface area contributed by atoms with Gasteiger partial charge in [-0.3, -0.25) is 4.79 Å². The minimum Gasteiger partial charge on any atom is -0.504 e. The van der Waals surface area contributed by atoms with Gasteiger partial charge in [-0.05, 0) is 48.4 Å². The van der Waals surface area contributed by atoms with Gasteiger partial charge in [0.05, 0.1) is 7.11 Å². The van der Waals surface area contributed by atoms with Crippen LogP contribution in [0.5, 0.6) is 11.5 Å². The second-order valence-corrected chi connectivity index (χ2v) is 5.72. The van der Waals surface area contributed by atoms with Crippen LogP contribution in [0.25, 0.3) is 6.08 Å². The van der Waals surface area contributed by atoms with E-state index in [-0.39, 0.29) is 17.7 Å². The Kier molecular flexibility index (Phi) is 7.25. The minimum absolute atomic E-state index is 0.0337. The molecule has 0 radical (unpaired) electrons. The summed E-state index contributed by atoms with van der Waals surface area (Å²) in [5, 5.41) is 17.7. The molecule has 0 aromatic heterocycles. The third-order valence-electron chi connectivity index (χ3n) is 3.55. The first-order chi connectivity index (χ1) is 13.0. The Morgan fingerprint density at radius 2 is 1.85 bits per heavy atom. The zero-order valence-corrected chi connectivity index (χ0v) is 15.3. The largest absolute Gasteiger partial charge is 0.504 e. The number of phenolic OH excluding ortho intramolecular Hbond substituents is 1. The number of ether oxygens (including phenoxy) is 1. The Labute approximate surface area is 158 Å². The molecule has 2 aromatic rings. The standard InChI is InChI=1S/C20H23N3O4/c1-3-11-21-20(26)23-16-6-4-5-15(13-16)22-19(25)10-8-14-7-9-17(24)18(12-14)27-2/h4-10,12-13,24H,3,11H2,1-2H3,(H,22,25)(H2,21,23,26)/b10-8+. The predicted molar refractivity (Wildman–Crippen MR) is 106 cm³/mol. The molecule has 142 valence electrons. The van der Waals surface area contributed by atoms with Crippen molar-refractivity contribution in [2.45, 2.75) is 13.3 Å². The van der Waals surface area contributed by atoms with Gasteiger partial charge in [0.25, 0.3) is 0 Å². The highest BCUT2D eigenvalue weighted by atomic mass is 16.5. The van der Waals surface area contributed by atoms with Crippen molar-refractivity contribution in [2.24, 2.45) is 0 Å². The van der Waals surface area contributed by atoms with E-state index in [4.69, 9.17) is 4.74 Å². The predicted octanol–water partition coefficient (Wildman–Crippen LogP) is 3.58. The Balaban J connectivity index is 1.97. The van der Waals surface area contributed by atoms with Crippen LogP contribution in [0, 0.1) is 0 Å². The van der Waals surface area contributed by atoms with Gasteiger partial charge in [-0.1, -0.05) is 19.1 Å². The number of nitrogens with one attached hydrogen (secondary N) is 3. The van der Waals surface area contributed by atoms with E-state index in [0.29, 0.717) is 29.2 Å². The van der Waals surface area contributed by atoms with E-state index in [2.05, 4.69) is 16.0 Å². The van der Waals surface area contributed by atoms with Crippen LogP contribution < -0.4 is 20.7 Å². The van der Waals surface area contributed by atoms with E-state index in [1.54, 1.807) is 42.5 Å². The number of urea groups is 1. The van der Waals surface area contributed by atoms with Crippen molar-refractivity contribution in [1.29, 1.82) is 0 Å². The summed E-state index contributed by atoms with van der Waals surface area (Å²) in [5.74, 6) is 0.0405. The molecule has 0 aliphatic carbocycles. The highest BCUT2D eigenvalue weighted by Crippen LogP contribution is 2.26. The smallest absolute Gasteiger partial charge is 0.319 e. The number of carbonyl (C=O) groups excluding carboxylic acids is 2. The summed E-state index contributed by atoms with van der Waals surface area (Å²) in [7, 11) is 1.46. The highest BCUT2D eigenvalue weighted by Gasteiger charge is 2.04. The third kappa shape index (κ3) is 6.39. The molecular formula is C20H23N3O4. The van der Waals surface area contributed by atoms with Gasteiger partial charge in [0, 0.05) is 24.0 Å². The van der Waals surface area contributed by atoms with Gasteiger partial charge < -0.3 is 25.8 Å². The van der Waals surface area contributed by atoms with Gasteiger partial charge >= 0.3 is 6.03 Å². The maximum absolute atomic E-state index is 12.1. The lowest BCUT2D eigenvalue weighted by atomic mass is 10.2. The van der Waals surface area contributed by atoms with Gasteiger partial charge in [0.15, 0.2) is 11.5 Å². The summed E-state index contributed by atoms with van der Waals surface area (Å²) in [6.07, 6.45) is 3.83. The van der Waals surface area contributed by atoms with E-state index in [1.807, 2.05) is 6.92 Å². The Morgan fingerprint density at radius 1 is 1.11 bits per heavy atom. The molecule has 0 saturated heterocycles. The van der Waals surface area contributed by atoms with E-state index in [0.717, 1.165) is 6.42 Å². The number of phenols is 1. The van der Waals surface area contributed by atoms with Gasteiger partial charge in [-0.15, -0.1) is 0 Å². The number of anilines is 2. The molecule has 0 aliphatic rings. The van der Waals surface area contributed by atoms with E-state index >= 15 is 0 Å². The molecule has 0 heterocycles. The number of amides is 3. The van der Waals surface area contributed by atoms with Crippen LogP contribution in [0.1, 0.15) is 18.9 Å². The normalized spacial score (nSPS) is 10.4. The monoisotopic (exact) mass is 369 g/mol. The van der Waals surface area contributed by atoms with Crippen LogP contribution in [-0.2, 0) is 4.79 Å². The fourth-order valence-electron chi connectivity index (χ4n) is 2.24. The van der Waals surface area contributed by atoms with Crippen molar-refractivity contribution in [2.75, 3.05) is 24.3 Å². The number of aromatic hydroxyl groups is 1. The van der Waals surface area contributed by atoms with E-state index in [9.17, 15) is 14.7 Å². The number of carbonyl (C=O) groups is 2. The number of rotatable bonds is 7. The van der Waals surface area contributed by atoms with Crippen molar-refractivity contribution < 1.29 is 19.4 Å². The maximum Gasteiger partial charge on any atom is 0.319 e. The van der Waals surface area contributed by atoms with Gasteiger partial charge in [-0.25, -0.2) is 4.79 Å². The summed E-state index contributed by atoms with van der Waals surface area (Å²) in [6.45, 7) is 2.56. The molecule has 0 spiro atoms. The molecule has 3 amide bonds. The van der Waals surface area contributed by atoms with Crippen LogP contribution in [0.2, 0.25) is 0 Å². The van der Waals surface area contributed by atoms with E-state index in [1.165, 1.54) is 19.3 Å². The quantitative estimate of drug-likeness (QED) is 0.561. The lowest BCUT2D eigenvalue weighted by Gasteiger charge is -2.08.